The highest BCUT2D eigenvalue weighted by molar-refractivity contribution is 5.93. The first kappa shape index (κ1) is 14.6. The van der Waals surface area contributed by atoms with Gasteiger partial charge in [-0.1, -0.05) is 0 Å². The molecule has 2 rings (SSSR count). The zero-order valence-electron chi connectivity index (χ0n) is 11.4. The summed E-state index contributed by atoms with van der Waals surface area (Å²) in [5.74, 6) is -0.504. The Morgan fingerprint density at radius 2 is 2.10 bits per heavy atom. The highest BCUT2D eigenvalue weighted by atomic mass is 19.1. The molecule has 5 nitrogen and oxygen atoms in total. The molecule has 2 aromatic carbocycles. The molecule has 0 aromatic heterocycles. The normalized spacial score (nSPS) is 10.2. The Kier molecular flexibility index (Phi) is 4.27. The van der Waals surface area contributed by atoms with Crippen LogP contribution in [-0.2, 0) is 6.54 Å². The molecule has 110 valence electrons. The van der Waals surface area contributed by atoms with E-state index < -0.39 is 11.7 Å². The number of nitrogens with two attached hydrogens (primary N) is 1. The van der Waals surface area contributed by atoms with Gasteiger partial charge >= 0.3 is 0 Å². The predicted octanol–water partition coefficient (Wildman–Crippen LogP) is 2.25. The van der Waals surface area contributed by atoms with Gasteiger partial charge in [0.05, 0.1) is 12.8 Å². The highest BCUT2D eigenvalue weighted by Crippen LogP contribution is 2.24. The van der Waals surface area contributed by atoms with E-state index in [1.54, 1.807) is 12.1 Å². The van der Waals surface area contributed by atoms with E-state index in [-0.39, 0.29) is 23.5 Å². The van der Waals surface area contributed by atoms with Crippen molar-refractivity contribution >= 4 is 11.6 Å². The lowest BCUT2D eigenvalue weighted by Crippen LogP contribution is -2.12. The molecule has 0 aliphatic carbocycles. The van der Waals surface area contributed by atoms with E-state index in [4.69, 9.17) is 10.5 Å². The minimum atomic E-state index is -0.637. The number of phenols is 1. The number of primary amides is 1. The predicted molar refractivity (Wildman–Crippen MR) is 76.9 cm³/mol. The van der Waals surface area contributed by atoms with Gasteiger partial charge in [0, 0.05) is 17.7 Å². The third kappa shape index (κ3) is 3.42. The number of ether oxygens (including phenoxy) is 1. The molecule has 0 bridgehead atoms. The lowest BCUT2D eigenvalue weighted by molar-refractivity contribution is 0.100. The Labute approximate surface area is 121 Å². The monoisotopic (exact) mass is 290 g/mol. The molecule has 2 aromatic rings. The van der Waals surface area contributed by atoms with Gasteiger partial charge in [0.15, 0.2) is 0 Å². The van der Waals surface area contributed by atoms with Gasteiger partial charge in [-0.2, -0.15) is 0 Å². The van der Waals surface area contributed by atoms with E-state index in [0.29, 0.717) is 11.3 Å². The van der Waals surface area contributed by atoms with E-state index in [0.717, 1.165) is 6.07 Å². The van der Waals surface area contributed by atoms with Gasteiger partial charge in [-0.05, 0) is 36.4 Å². The molecular weight excluding hydrogens is 275 g/mol. The number of carbonyl (C=O) groups is 1. The number of hydrogen-bond acceptors (Lipinski definition) is 4. The van der Waals surface area contributed by atoms with Gasteiger partial charge in [-0.25, -0.2) is 4.39 Å². The second kappa shape index (κ2) is 6.13. The molecule has 0 saturated heterocycles. The lowest BCUT2D eigenvalue weighted by atomic mass is 10.1. The summed E-state index contributed by atoms with van der Waals surface area (Å²) < 4.78 is 18.7. The van der Waals surface area contributed by atoms with Gasteiger partial charge in [0.25, 0.3) is 0 Å². The van der Waals surface area contributed by atoms with Crippen LogP contribution in [0.2, 0.25) is 0 Å². The van der Waals surface area contributed by atoms with Crippen LogP contribution >= 0.6 is 0 Å². The van der Waals surface area contributed by atoms with Crippen molar-refractivity contribution in [3.63, 3.8) is 0 Å². The number of rotatable bonds is 5. The topological polar surface area (TPSA) is 84.6 Å². The summed E-state index contributed by atoms with van der Waals surface area (Å²) in [6, 6.07) is 8.55. The number of aromatic hydroxyl groups is 1. The molecule has 0 spiro atoms. The van der Waals surface area contributed by atoms with Gasteiger partial charge in [0.1, 0.15) is 17.3 Å². The van der Waals surface area contributed by atoms with Crippen molar-refractivity contribution in [2.45, 2.75) is 6.54 Å². The number of benzene rings is 2. The largest absolute Gasteiger partial charge is 0.508 e. The SMILES string of the molecule is COc1ccc(O)c(CNc2cc(C(N)=O)ccc2F)c1. The number of amides is 1. The van der Waals surface area contributed by atoms with Crippen molar-refractivity contribution < 1.29 is 19.0 Å². The molecule has 0 saturated carbocycles. The van der Waals surface area contributed by atoms with Gasteiger partial charge in [0.2, 0.25) is 5.91 Å². The molecule has 0 unspecified atom stereocenters. The molecule has 0 fully saturated rings. The average Bonchev–Trinajstić information content (AvgIpc) is 2.47. The molecule has 6 heteroatoms. The third-order valence-electron chi connectivity index (χ3n) is 3.01. The van der Waals surface area contributed by atoms with Crippen LogP contribution in [0.3, 0.4) is 0 Å². The lowest BCUT2D eigenvalue weighted by Gasteiger charge is -2.11. The summed E-state index contributed by atoms with van der Waals surface area (Å²) >= 11 is 0. The van der Waals surface area contributed by atoms with Crippen molar-refractivity contribution in [2.24, 2.45) is 5.73 Å². The molecule has 0 aliphatic heterocycles. The number of carbonyl (C=O) groups excluding carboxylic acids is 1. The van der Waals surface area contributed by atoms with Crippen LogP contribution in [0.4, 0.5) is 10.1 Å². The molecule has 0 aliphatic rings. The zero-order chi connectivity index (χ0) is 15.4. The first-order valence-electron chi connectivity index (χ1n) is 6.20. The molecule has 0 heterocycles. The first-order valence-corrected chi connectivity index (χ1v) is 6.20. The smallest absolute Gasteiger partial charge is 0.248 e. The van der Waals surface area contributed by atoms with E-state index >= 15 is 0 Å². The second-order valence-corrected chi connectivity index (χ2v) is 4.41. The van der Waals surface area contributed by atoms with Crippen LogP contribution in [-0.4, -0.2) is 18.1 Å². The van der Waals surface area contributed by atoms with Crippen LogP contribution in [0.5, 0.6) is 11.5 Å². The summed E-state index contributed by atoms with van der Waals surface area (Å²) in [6.07, 6.45) is 0. The second-order valence-electron chi connectivity index (χ2n) is 4.41. The molecular formula is C15H15FN2O3. The number of anilines is 1. The fourth-order valence-electron chi connectivity index (χ4n) is 1.83. The van der Waals surface area contributed by atoms with Crippen molar-refractivity contribution in [1.29, 1.82) is 0 Å². The first-order chi connectivity index (χ1) is 10.0. The minimum absolute atomic E-state index is 0.0646. The fourth-order valence-corrected chi connectivity index (χ4v) is 1.83. The van der Waals surface area contributed by atoms with E-state index in [1.165, 1.54) is 25.3 Å². The summed E-state index contributed by atoms with van der Waals surface area (Å²) in [6.45, 7) is 0.169. The van der Waals surface area contributed by atoms with Crippen molar-refractivity contribution in [1.82, 2.24) is 0 Å². The Bertz CT molecular complexity index is 674. The maximum atomic E-state index is 13.7. The number of hydrogen-bond donors (Lipinski definition) is 3. The number of halogens is 1. The Hall–Kier alpha value is -2.76. The maximum absolute atomic E-state index is 13.7. The van der Waals surface area contributed by atoms with Gasteiger partial charge in [-0.15, -0.1) is 0 Å². The van der Waals surface area contributed by atoms with E-state index in [2.05, 4.69) is 5.32 Å². The molecule has 1 amide bonds. The summed E-state index contributed by atoms with van der Waals surface area (Å²) in [5.41, 5.74) is 6.03. The number of phenolic OH excluding ortho intramolecular Hbond substituents is 1. The Morgan fingerprint density at radius 1 is 1.33 bits per heavy atom. The zero-order valence-corrected chi connectivity index (χ0v) is 11.4. The maximum Gasteiger partial charge on any atom is 0.248 e. The summed E-state index contributed by atoms with van der Waals surface area (Å²) in [5, 5.41) is 12.6. The van der Waals surface area contributed by atoms with Crippen molar-refractivity contribution in [3.8, 4) is 11.5 Å². The Balaban J connectivity index is 2.20. The summed E-state index contributed by atoms with van der Waals surface area (Å²) in [4.78, 5) is 11.1. The van der Waals surface area contributed by atoms with Crippen LogP contribution in [0, 0.1) is 5.82 Å². The quantitative estimate of drug-likeness (QED) is 0.788. The Morgan fingerprint density at radius 3 is 2.76 bits per heavy atom. The van der Waals surface area contributed by atoms with Crippen molar-refractivity contribution in [2.75, 3.05) is 12.4 Å². The fraction of sp³-hybridized carbons (Fsp3) is 0.133. The van der Waals surface area contributed by atoms with Crippen LogP contribution in [0.25, 0.3) is 0 Å². The molecule has 4 N–H and O–H groups in total. The molecule has 0 radical (unpaired) electrons. The highest BCUT2D eigenvalue weighted by Gasteiger charge is 2.08. The minimum Gasteiger partial charge on any atom is -0.508 e. The van der Waals surface area contributed by atoms with E-state index in [9.17, 15) is 14.3 Å². The van der Waals surface area contributed by atoms with Gasteiger partial charge < -0.3 is 20.9 Å². The van der Waals surface area contributed by atoms with Gasteiger partial charge in [-0.3, -0.25) is 4.79 Å². The third-order valence-corrected chi connectivity index (χ3v) is 3.01. The van der Waals surface area contributed by atoms with Crippen LogP contribution in [0.1, 0.15) is 15.9 Å². The average molecular weight is 290 g/mol. The van der Waals surface area contributed by atoms with Crippen molar-refractivity contribution in [3.05, 3.63) is 53.3 Å². The standard InChI is InChI=1S/C15H15FN2O3/c1-21-11-3-5-14(19)10(6-11)8-18-13-7-9(15(17)20)2-4-12(13)16/h2-7,18-19H,8H2,1H3,(H2,17,20). The number of nitrogens with one attached hydrogen (secondary N) is 1. The van der Waals surface area contributed by atoms with E-state index in [1.807, 2.05) is 0 Å². The molecule has 0 atom stereocenters. The molecule has 21 heavy (non-hydrogen) atoms. The van der Waals surface area contributed by atoms with Crippen LogP contribution in [0.15, 0.2) is 36.4 Å². The number of methoxy groups -OCH3 is 1. The van der Waals surface area contributed by atoms with Crippen LogP contribution < -0.4 is 15.8 Å². The summed E-state index contributed by atoms with van der Waals surface area (Å²) in [7, 11) is 1.51.